The van der Waals surface area contributed by atoms with E-state index in [0.29, 0.717) is 6.42 Å². The first kappa shape index (κ1) is 18.0. The van der Waals surface area contributed by atoms with Crippen LogP contribution in [0, 0.1) is 0 Å². The van der Waals surface area contributed by atoms with E-state index in [-0.39, 0.29) is 11.8 Å². The van der Waals surface area contributed by atoms with E-state index in [1.54, 1.807) is 11.9 Å². The molecule has 0 bridgehead atoms. The summed E-state index contributed by atoms with van der Waals surface area (Å²) in [7, 11) is 1.61. The third-order valence-corrected chi connectivity index (χ3v) is 5.28. The van der Waals surface area contributed by atoms with Gasteiger partial charge in [0.15, 0.2) is 0 Å². The number of fused-ring (bicyclic) bond motifs is 1. The zero-order valence-electron chi connectivity index (χ0n) is 15.7. The number of amides is 2. The maximum absolute atomic E-state index is 13.9. The summed E-state index contributed by atoms with van der Waals surface area (Å²) in [6, 6.07) is 26.7. The Hall–Kier alpha value is -3.40. The topological polar surface area (TPSA) is 49.4 Å². The molecule has 0 spiro atoms. The first-order chi connectivity index (χ1) is 13.7. The van der Waals surface area contributed by atoms with Crippen LogP contribution in [0.4, 0.5) is 5.69 Å². The second kappa shape index (κ2) is 7.69. The number of nitrogens with one attached hydrogen (secondary N) is 1. The minimum atomic E-state index is -0.537. The number of hydrogen-bond acceptors (Lipinski definition) is 2. The Kier molecular flexibility index (Phi) is 4.94. The fourth-order valence-electron chi connectivity index (χ4n) is 3.94. The maximum atomic E-state index is 13.9. The molecule has 0 aliphatic carbocycles. The van der Waals surface area contributed by atoms with Gasteiger partial charge < -0.3 is 5.32 Å². The van der Waals surface area contributed by atoms with Crippen molar-refractivity contribution >= 4 is 17.5 Å². The highest BCUT2D eigenvalue weighted by molar-refractivity contribution is 6.07. The summed E-state index contributed by atoms with van der Waals surface area (Å²) in [6.45, 7) is 0. The van der Waals surface area contributed by atoms with Crippen molar-refractivity contribution < 1.29 is 9.59 Å². The molecule has 0 saturated carbocycles. The molecule has 1 aliphatic heterocycles. The second-order valence-electron chi connectivity index (χ2n) is 6.93. The Morgan fingerprint density at radius 1 is 0.857 bits per heavy atom. The highest BCUT2D eigenvalue weighted by Crippen LogP contribution is 2.37. The molecule has 0 saturated heterocycles. The molecule has 4 rings (SSSR count). The van der Waals surface area contributed by atoms with Crippen molar-refractivity contribution in [3.8, 4) is 0 Å². The van der Waals surface area contributed by atoms with Crippen molar-refractivity contribution in [1.82, 2.24) is 5.32 Å². The molecule has 0 radical (unpaired) electrons. The number of anilines is 1. The predicted octanol–water partition coefficient (Wildman–Crippen LogP) is 3.52. The van der Waals surface area contributed by atoms with Gasteiger partial charge in [-0.3, -0.25) is 14.5 Å². The van der Waals surface area contributed by atoms with Crippen molar-refractivity contribution in [3.05, 3.63) is 102 Å². The summed E-state index contributed by atoms with van der Waals surface area (Å²) in [6.07, 6.45) is 0.526. The van der Waals surface area contributed by atoms with Gasteiger partial charge in [-0.25, -0.2) is 0 Å². The van der Waals surface area contributed by atoms with Gasteiger partial charge in [-0.15, -0.1) is 0 Å². The van der Waals surface area contributed by atoms with Gasteiger partial charge in [0.05, 0.1) is 5.92 Å². The number of hydrogen-bond donors (Lipinski definition) is 1. The van der Waals surface area contributed by atoms with E-state index in [0.717, 1.165) is 22.4 Å². The number of para-hydroxylation sites is 1. The number of carbonyl (C=O) groups is 2. The van der Waals surface area contributed by atoms with Gasteiger partial charge in [0.25, 0.3) is 0 Å². The Bertz CT molecular complexity index is 946. The minimum Gasteiger partial charge on any atom is -0.357 e. The number of benzene rings is 3. The lowest BCUT2D eigenvalue weighted by Crippen LogP contribution is -2.48. The number of nitrogens with zero attached hydrogens (tertiary/aromatic N) is 1. The van der Waals surface area contributed by atoms with E-state index in [1.807, 2.05) is 84.9 Å². The smallest absolute Gasteiger partial charge is 0.243 e. The van der Waals surface area contributed by atoms with Gasteiger partial charge in [0.1, 0.15) is 6.04 Å². The fraction of sp³-hybridized carbons (Fsp3) is 0.167. The molecule has 2 amide bonds. The van der Waals surface area contributed by atoms with Crippen LogP contribution in [-0.2, 0) is 16.0 Å². The largest absolute Gasteiger partial charge is 0.357 e. The summed E-state index contributed by atoms with van der Waals surface area (Å²) < 4.78 is 0. The van der Waals surface area contributed by atoms with Gasteiger partial charge >= 0.3 is 0 Å². The lowest BCUT2D eigenvalue weighted by molar-refractivity contribution is -0.126. The Morgan fingerprint density at radius 3 is 1.96 bits per heavy atom. The van der Waals surface area contributed by atoms with E-state index in [4.69, 9.17) is 0 Å². The van der Waals surface area contributed by atoms with Gasteiger partial charge in [-0.2, -0.15) is 0 Å². The number of rotatable bonds is 4. The van der Waals surface area contributed by atoms with Gasteiger partial charge in [-0.1, -0.05) is 78.9 Å². The normalized spacial score (nSPS) is 15.4. The van der Waals surface area contributed by atoms with Crippen molar-refractivity contribution in [2.45, 2.75) is 18.4 Å². The van der Waals surface area contributed by atoms with Crippen LogP contribution in [0.15, 0.2) is 84.9 Å². The summed E-state index contributed by atoms with van der Waals surface area (Å²) in [4.78, 5) is 28.2. The lowest BCUT2D eigenvalue weighted by atomic mass is 9.89. The fourth-order valence-corrected chi connectivity index (χ4v) is 3.94. The quantitative estimate of drug-likeness (QED) is 0.764. The molecule has 1 N–H and O–H groups in total. The Labute approximate surface area is 164 Å². The van der Waals surface area contributed by atoms with E-state index in [2.05, 4.69) is 5.32 Å². The van der Waals surface area contributed by atoms with Crippen LogP contribution in [0.1, 0.15) is 22.6 Å². The number of carbonyl (C=O) groups excluding carboxylic acids is 2. The van der Waals surface area contributed by atoms with Crippen LogP contribution < -0.4 is 10.2 Å². The van der Waals surface area contributed by atoms with Crippen LogP contribution >= 0.6 is 0 Å². The Morgan fingerprint density at radius 2 is 1.39 bits per heavy atom. The summed E-state index contributed by atoms with van der Waals surface area (Å²) in [5.41, 5.74) is 3.67. The molecule has 1 atom stereocenters. The average Bonchev–Trinajstić information content (AvgIpc) is 3.14. The van der Waals surface area contributed by atoms with E-state index >= 15 is 0 Å². The van der Waals surface area contributed by atoms with Crippen LogP contribution in [0.2, 0.25) is 0 Å². The van der Waals surface area contributed by atoms with Crippen molar-refractivity contribution in [3.63, 3.8) is 0 Å². The van der Waals surface area contributed by atoms with Crippen LogP contribution in [-0.4, -0.2) is 24.9 Å². The highest BCUT2D eigenvalue weighted by Gasteiger charge is 2.41. The molecule has 1 aliphatic rings. The number of likely N-dealkylation sites (N-methyl/N-ethyl adjacent to an activating group) is 1. The molecule has 3 aromatic carbocycles. The van der Waals surface area contributed by atoms with Gasteiger partial charge in [-0.05, 0) is 22.8 Å². The molecule has 140 valence electrons. The summed E-state index contributed by atoms with van der Waals surface area (Å²) in [5, 5.41) is 2.71. The van der Waals surface area contributed by atoms with Crippen LogP contribution in [0.5, 0.6) is 0 Å². The van der Waals surface area contributed by atoms with Crippen molar-refractivity contribution in [1.29, 1.82) is 0 Å². The zero-order chi connectivity index (χ0) is 19.5. The van der Waals surface area contributed by atoms with Crippen LogP contribution in [0.25, 0.3) is 0 Å². The lowest BCUT2D eigenvalue weighted by Gasteiger charge is -2.29. The van der Waals surface area contributed by atoms with Gasteiger partial charge in [0.2, 0.25) is 11.8 Å². The van der Waals surface area contributed by atoms with E-state index in [1.165, 1.54) is 0 Å². The zero-order valence-corrected chi connectivity index (χ0v) is 15.7. The summed E-state index contributed by atoms with van der Waals surface area (Å²) >= 11 is 0. The third kappa shape index (κ3) is 3.18. The molecule has 3 aromatic rings. The van der Waals surface area contributed by atoms with Crippen LogP contribution in [0.3, 0.4) is 0 Å². The standard InChI is InChI=1S/C24H22N2O2/c1-25-23(27)21-16-19-14-8-9-15-20(19)26(21)24(28)22(17-10-4-2-5-11-17)18-12-6-3-7-13-18/h2-15,21-22H,16H2,1H3,(H,25,27)/t21-/m0/s1. The second-order valence-corrected chi connectivity index (χ2v) is 6.93. The molecule has 0 aromatic heterocycles. The molecule has 28 heavy (non-hydrogen) atoms. The highest BCUT2D eigenvalue weighted by atomic mass is 16.2. The van der Waals surface area contributed by atoms with E-state index < -0.39 is 12.0 Å². The molecule has 4 nitrogen and oxygen atoms in total. The minimum absolute atomic E-state index is 0.0871. The molecule has 4 heteroatoms. The average molecular weight is 370 g/mol. The third-order valence-electron chi connectivity index (χ3n) is 5.28. The molecule has 1 heterocycles. The molecular weight excluding hydrogens is 348 g/mol. The Balaban J connectivity index is 1.82. The SMILES string of the molecule is CNC(=O)[C@@H]1Cc2ccccc2N1C(=O)C(c1ccccc1)c1ccccc1. The van der Waals surface area contributed by atoms with E-state index in [9.17, 15) is 9.59 Å². The first-order valence-corrected chi connectivity index (χ1v) is 9.43. The molecule has 0 unspecified atom stereocenters. The van der Waals surface area contributed by atoms with Gasteiger partial charge in [0, 0.05) is 19.2 Å². The predicted molar refractivity (Wildman–Crippen MR) is 110 cm³/mol. The maximum Gasteiger partial charge on any atom is 0.243 e. The van der Waals surface area contributed by atoms with Crippen molar-refractivity contribution in [2.75, 3.05) is 11.9 Å². The summed E-state index contributed by atoms with van der Waals surface area (Å²) in [5.74, 6) is -0.707. The van der Waals surface area contributed by atoms with Crippen molar-refractivity contribution in [2.24, 2.45) is 0 Å². The molecular formula is C24H22N2O2. The molecule has 0 fully saturated rings. The first-order valence-electron chi connectivity index (χ1n) is 9.43. The monoisotopic (exact) mass is 370 g/mol.